The zero-order valence-electron chi connectivity index (χ0n) is 14.1. The maximum absolute atomic E-state index is 12.3. The summed E-state index contributed by atoms with van der Waals surface area (Å²) in [5, 5.41) is 7.38. The Morgan fingerprint density at radius 3 is 2.44 bits per heavy atom. The first-order chi connectivity index (χ1) is 12.9. The highest BCUT2D eigenvalue weighted by Gasteiger charge is 2.12. The summed E-state index contributed by atoms with van der Waals surface area (Å²) in [6, 6.07) is 16.2. The minimum absolute atomic E-state index is 0.182. The highest BCUT2D eigenvalue weighted by molar-refractivity contribution is 6.30. The number of carbonyl (C=O) groups is 2. The molecule has 0 aliphatic heterocycles. The average molecular weight is 383 g/mol. The summed E-state index contributed by atoms with van der Waals surface area (Å²) >= 11 is 5.88. The molecular formula is C19H15ClN4O3. The summed E-state index contributed by atoms with van der Waals surface area (Å²) < 4.78 is 1.05. The van der Waals surface area contributed by atoms with E-state index < -0.39 is 17.4 Å². The van der Waals surface area contributed by atoms with Crippen LogP contribution in [0.1, 0.15) is 10.4 Å². The number of nitrogens with two attached hydrogens (primary N) is 1. The zero-order valence-corrected chi connectivity index (χ0v) is 14.8. The van der Waals surface area contributed by atoms with Crippen molar-refractivity contribution in [3.63, 3.8) is 0 Å². The molecule has 0 unspecified atom stereocenters. The third-order valence-corrected chi connectivity index (χ3v) is 4.02. The lowest BCUT2D eigenvalue weighted by atomic mass is 10.1. The van der Waals surface area contributed by atoms with Gasteiger partial charge in [-0.25, -0.2) is 4.68 Å². The predicted octanol–water partition coefficient (Wildman–Crippen LogP) is 2.30. The fraction of sp³-hybridized carbons (Fsp3) is 0.0526. The molecule has 0 bridgehead atoms. The van der Waals surface area contributed by atoms with E-state index in [-0.39, 0.29) is 17.8 Å². The standard InChI is InChI=1S/C19H15ClN4O3/c20-13-7-5-12(6-8-13)15-9-10-18(26)24(23-15)11-17(25)22-16-4-2-1-3-14(16)19(21)27/h1-10H,11H2,(H2,21,27)(H,22,25). The Hall–Kier alpha value is -3.45. The Morgan fingerprint density at radius 2 is 1.74 bits per heavy atom. The van der Waals surface area contributed by atoms with Gasteiger partial charge in [-0.15, -0.1) is 0 Å². The third-order valence-electron chi connectivity index (χ3n) is 3.77. The number of nitrogens with zero attached hydrogens (tertiary/aromatic N) is 2. The molecule has 3 rings (SSSR count). The smallest absolute Gasteiger partial charge is 0.267 e. The van der Waals surface area contributed by atoms with Gasteiger partial charge in [0.25, 0.3) is 11.5 Å². The molecule has 1 heterocycles. The van der Waals surface area contributed by atoms with E-state index >= 15 is 0 Å². The molecule has 3 N–H and O–H groups in total. The van der Waals surface area contributed by atoms with Gasteiger partial charge in [0, 0.05) is 16.7 Å². The molecule has 0 aliphatic carbocycles. The van der Waals surface area contributed by atoms with Crippen molar-refractivity contribution in [1.82, 2.24) is 9.78 Å². The maximum atomic E-state index is 12.3. The number of aromatic nitrogens is 2. The monoisotopic (exact) mass is 382 g/mol. The largest absolute Gasteiger partial charge is 0.366 e. The van der Waals surface area contributed by atoms with E-state index in [1.807, 2.05) is 0 Å². The highest BCUT2D eigenvalue weighted by atomic mass is 35.5. The molecule has 0 saturated heterocycles. The number of rotatable bonds is 5. The summed E-state index contributed by atoms with van der Waals surface area (Å²) in [5.74, 6) is -1.17. The van der Waals surface area contributed by atoms with E-state index in [9.17, 15) is 14.4 Å². The second-order valence-electron chi connectivity index (χ2n) is 5.68. The van der Waals surface area contributed by atoms with Crippen molar-refractivity contribution in [3.8, 4) is 11.3 Å². The fourth-order valence-electron chi connectivity index (χ4n) is 2.47. The Kier molecular flexibility index (Phi) is 5.33. The second-order valence-corrected chi connectivity index (χ2v) is 6.12. The normalized spacial score (nSPS) is 10.4. The highest BCUT2D eigenvalue weighted by Crippen LogP contribution is 2.18. The molecule has 0 fully saturated rings. The van der Waals surface area contributed by atoms with Gasteiger partial charge in [0.1, 0.15) is 6.54 Å². The van der Waals surface area contributed by atoms with Crippen LogP contribution in [-0.4, -0.2) is 21.6 Å². The first-order valence-corrected chi connectivity index (χ1v) is 8.34. The second kappa shape index (κ2) is 7.84. The first kappa shape index (κ1) is 18.3. The summed E-state index contributed by atoms with van der Waals surface area (Å²) in [6.45, 7) is -0.312. The summed E-state index contributed by atoms with van der Waals surface area (Å²) in [7, 11) is 0. The Morgan fingerprint density at radius 1 is 1.04 bits per heavy atom. The number of halogens is 1. The SMILES string of the molecule is NC(=O)c1ccccc1NC(=O)Cn1nc(-c2ccc(Cl)cc2)ccc1=O. The molecule has 2 amide bonds. The fourth-order valence-corrected chi connectivity index (χ4v) is 2.60. The molecule has 7 nitrogen and oxygen atoms in total. The van der Waals surface area contributed by atoms with Crippen molar-refractivity contribution in [2.75, 3.05) is 5.32 Å². The molecular weight excluding hydrogens is 368 g/mol. The number of nitrogens with one attached hydrogen (secondary N) is 1. The quantitative estimate of drug-likeness (QED) is 0.705. The van der Waals surface area contributed by atoms with Gasteiger partial charge in [-0.1, -0.05) is 35.9 Å². The summed E-state index contributed by atoms with van der Waals surface area (Å²) in [6.07, 6.45) is 0. The molecule has 27 heavy (non-hydrogen) atoms. The molecule has 2 aromatic carbocycles. The lowest BCUT2D eigenvalue weighted by Gasteiger charge is -2.10. The Labute approximate surface area is 159 Å². The number of primary amides is 1. The van der Waals surface area contributed by atoms with Gasteiger partial charge >= 0.3 is 0 Å². The van der Waals surface area contributed by atoms with Crippen LogP contribution in [0, 0.1) is 0 Å². The zero-order chi connectivity index (χ0) is 19.4. The molecule has 8 heteroatoms. The lowest BCUT2D eigenvalue weighted by Crippen LogP contribution is -2.30. The van der Waals surface area contributed by atoms with Crippen molar-refractivity contribution >= 4 is 29.1 Å². The van der Waals surface area contributed by atoms with E-state index in [1.54, 1.807) is 48.5 Å². The van der Waals surface area contributed by atoms with Crippen molar-refractivity contribution in [3.05, 3.63) is 81.6 Å². The minimum atomic E-state index is -0.661. The van der Waals surface area contributed by atoms with Crippen LogP contribution in [0.5, 0.6) is 0 Å². The minimum Gasteiger partial charge on any atom is -0.366 e. The van der Waals surface area contributed by atoms with Crippen LogP contribution >= 0.6 is 11.6 Å². The van der Waals surface area contributed by atoms with Crippen LogP contribution in [0.25, 0.3) is 11.3 Å². The van der Waals surface area contributed by atoms with Crippen LogP contribution in [0.15, 0.2) is 65.5 Å². The predicted molar refractivity (Wildman–Crippen MR) is 103 cm³/mol. The molecule has 3 aromatic rings. The van der Waals surface area contributed by atoms with Crippen molar-refractivity contribution in [2.24, 2.45) is 5.73 Å². The molecule has 0 aliphatic rings. The Bertz CT molecular complexity index is 1060. The van der Waals surface area contributed by atoms with Gasteiger partial charge in [-0.3, -0.25) is 14.4 Å². The number of para-hydroxylation sites is 1. The van der Waals surface area contributed by atoms with Crippen LogP contribution < -0.4 is 16.6 Å². The molecule has 0 atom stereocenters. The van der Waals surface area contributed by atoms with Crippen molar-refractivity contribution in [1.29, 1.82) is 0 Å². The molecule has 0 spiro atoms. The van der Waals surface area contributed by atoms with Gasteiger partial charge in [0.15, 0.2) is 0 Å². The maximum Gasteiger partial charge on any atom is 0.267 e. The van der Waals surface area contributed by atoms with E-state index in [2.05, 4.69) is 10.4 Å². The number of hydrogen-bond donors (Lipinski definition) is 2. The van der Waals surface area contributed by atoms with Gasteiger partial charge in [-0.2, -0.15) is 5.10 Å². The topological polar surface area (TPSA) is 107 Å². The molecule has 1 aromatic heterocycles. The van der Waals surface area contributed by atoms with Crippen LogP contribution in [-0.2, 0) is 11.3 Å². The van der Waals surface area contributed by atoms with Crippen molar-refractivity contribution in [2.45, 2.75) is 6.54 Å². The van der Waals surface area contributed by atoms with Gasteiger partial charge in [-0.05, 0) is 30.3 Å². The number of anilines is 1. The molecule has 0 saturated carbocycles. The van der Waals surface area contributed by atoms with Gasteiger partial charge in [0.05, 0.1) is 16.9 Å². The lowest BCUT2D eigenvalue weighted by molar-refractivity contribution is -0.117. The number of carbonyl (C=O) groups excluding carboxylic acids is 2. The van der Waals surface area contributed by atoms with Gasteiger partial charge < -0.3 is 11.1 Å². The number of hydrogen-bond acceptors (Lipinski definition) is 4. The summed E-state index contributed by atoms with van der Waals surface area (Å²) in [5.41, 5.74) is 6.61. The average Bonchev–Trinajstić information content (AvgIpc) is 2.64. The van der Waals surface area contributed by atoms with Crippen LogP contribution in [0.2, 0.25) is 5.02 Å². The first-order valence-electron chi connectivity index (χ1n) is 7.97. The third kappa shape index (κ3) is 4.39. The molecule has 136 valence electrons. The summed E-state index contributed by atoms with van der Waals surface area (Å²) in [4.78, 5) is 35.8. The van der Waals surface area contributed by atoms with Gasteiger partial charge in [0.2, 0.25) is 5.91 Å². The van der Waals surface area contributed by atoms with Crippen LogP contribution in [0.4, 0.5) is 5.69 Å². The van der Waals surface area contributed by atoms with Crippen molar-refractivity contribution < 1.29 is 9.59 Å². The molecule has 0 radical (unpaired) electrons. The number of amides is 2. The van der Waals surface area contributed by atoms with Crippen LogP contribution in [0.3, 0.4) is 0 Å². The van der Waals surface area contributed by atoms with E-state index in [1.165, 1.54) is 12.1 Å². The van der Waals surface area contributed by atoms with E-state index in [0.717, 1.165) is 10.2 Å². The van der Waals surface area contributed by atoms with E-state index in [4.69, 9.17) is 17.3 Å². The number of benzene rings is 2. The van der Waals surface area contributed by atoms with E-state index in [0.29, 0.717) is 10.7 Å². The Balaban J connectivity index is 1.82.